The largest absolute Gasteiger partial charge is 0.366 e. The highest BCUT2D eigenvalue weighted by Gasteiger charge is 2.08. The van der Waals surface area contributed by atoms with Crippen LogP contribution in [0.5, 0.6) is 0 Å². The van der Waals surface area contributed by atoms with Crippen molar-refractivity contribution in [1.29, 1.82) is 0 Å². The number of hydrogen-bond acceptors (Lipinski definition) is 5. The fourth-order valence-electron chi connectivity index (χ4n) is 2.14. The summed E-state index contributed by atoms with van der Waals surface area (Å²) in [6, 6.07) is 3.80. The highest BCUT2D eigenvalue weighted by atomic mass is 16.1. The number of nitrogens with zero attached hydrogens (tertiary/aromatic N) is 3. The minimum Gasteiger partial charge on any atom is -0.366 e. The molecule has 1 heterocycles. The Hall–Kier alpha value is -1.69. The molecule has 1 atom stereocenters. The Morgan fingerprint density at radius 1 is 1.29 bits per heavy atom. The fraction of sp³-hybridized carbons (Fsp3) is 0.667. The Morgan fingerprint density at radius 3 is 2.52 bits per heavy atom. The second-order valence-electron chi connectivity index (χ2n) is 5.10. The lowest BCUT2D eigenvalue weighted by Gasteiger charge is -2.19. The summed E-state index contributed by atoms with van der Waals surface area (Å²) in [6.45, 7) is 9.84. The van der Waals surface area contributed by atoms with Gasteiger partial charge in [-0.05, 0) is 51.5 Å². The predicted octanol–water partition coefficient (Wildman–Crippen LogP) is 1.76. The first-order valence-corrected chi connectivity index (χ1v) is 7.65. The summed E-state index contributed by atoms with van der Waals surface area (Å²) in [7, 11) is 1.58. The molecule has 0 radical (unpaired) electrons. The van der Waals surface area contributed by atoms with Crippen LogP contribution in [0, 0.1) is 0 Å². The SMILES string of the molecule is CCN(CC)CCCC(C)Nc1ccc(C(=O)NC)nn1. The minimum absolute atomic E-state index is 0.221. The highest BCUT2D eigenvalue weighted by Crippen LogP contribution is 2.08. The number of carbonyl (C=O) groups excluding carboxylic acids is 1. The van der Waals surface area contributed by atoms with Gasteiger partial charge in [-0.2, -0.15) is 0 Å². The van der Waals surface area contributed by atoms with Crippen LogP contribution in [0.25, 0.3) is 0 Å². The number of anilines is 1. The maximum absolute atomic E-state index is 11.4. The lowest BCUT2D eigenvalue weighted by atomic mass is 10.1. The third-order valence-corrected chi connectivity index (χ3v) is 3.52. The molecule has 0 aliphatic heterocycles. The Kier molecular flexibility index (Phi) is 7.68. The third kappa shape index (κ3) is 6.08. The summed E-state index contributed by atoms with van der Waals surface area (Å²) in [6.07, 6.45) is 2.23. The van der Waals surface area contributed by atoms with E-state index in [9.17, 15) is 4.79 Å². The molecule has 0 fully saturated rings. The second-order valence-corrected chi connectivity index (χ2v) is 5.10. The lowest BCUT2D eigenvalue weighted by molar-refractivity contribution is 0.0957. The number of rotatable bonds is 9. The Morgan fingerprint density at radius 2 is 2.00 bits per heavy atom. The van der Waals surface area contributed by atoms with Gasteiger partial charge in [-0.15, -0.1) is 10.2 Å². The van der Waals surface area contributed by atoms with Gasteiger partial charge in [0.05, 0.1) is 0 Å². The van der Waals surface area contributed by atoms with Crippen molar-refractivity contribution in [3.05, 3.63) is 17.8 Å². The summed E-state index contributed by atoms with van der Waals surface area (Å²) in [5.74, 6) is 0.485. The van der Waals surface area contributed by atoms with Gasteiger partial charge in [-0.1, -0.05) is 13.8 Å². The molecule has 2 N–H and O–H groups in total. The quantitative estimate of drug-likeness (QED) is 0.726. The van der Waals surface area contributed by atoms with Gasteiger partial charge in [0.1, 0.15) is 5.82 Å². The molecule has 0 spiro atoms. The van der Waals surface area contributed by atoms with E-state index in [1.54, 1.807) is 19.2 Å². The first kappa shape index (κ1) is 17.4. The first-order valence-electron chi connectivity index (χ1n) is 7.65. The van der Waals surface area contributed by atoms with Crippen molar-refractivity contribution in [2.24, 2.45) is 0 Å². The second kappa shape index (κ2) is 9.28. The Labute approximate surface area is 127 Å². The van der Waals surface area contributed by atoms with E-state index >= 15 is 0 Å². The molecule has 0 saturated carbocycles. The van der Waals surface area contributed by atoms with Crippen LogP contribution in [0.2, 0.25) is 0 Å². The van der Waals surface area contributed by atoms with Crippen LogP contribution >= 0.6 is 0 Å². The van der Waals surface area contributed by atoms with E-state index in [2.05, 4.69) is 46.5 Å². The molecule has 0 aromatic carbocycles. The number of amides is 1. The summed E-state index contributed by atoms with van der Waals surface area (Å²) in [4.78, 5) is 13.8. The van der Waals surface area contributed by atoms with Gasteiger partial charge in [0.15, 0.2) is 5.69 Å². The molecule has 0 aliphatic carbocycles. The molecule has 1 amide bonds. The molecular formula is C15H27N5O. The van der Waals surface area contributed by atoms with Crippen molar-refractivity contribution in [2.75, 3.05) is 32.0 Å². The van der Waals surface area contributed by atoms with Crippen LogP contribution in [0.4, 0.5) is 5.82 Å². The molecule has 0 aliphatic rings. The number of hydrogen-bond donors (Lipinski definition) is 2. The van der Waals surface area contributed by atoms with Crippen molar-refractivity contribution in [1.82, 2.24) is 20.4 Å². The highest BCUT2D eigenvalue weighted by molar-refractivity contribution is 5.91. The third-order valence-electron chi connectivity index (χ3n) is 3.52. The maximum atomic E-state index is 11.4. The smallest absolute Gasteiger partial charge is 0.271 e. The monoisotopic (exact) mass is 293 g/mol. The summed E-state index contributed by atoms with van der Waals surface area (Å²) < 4.78 is 0. The summed E-state index contributed by atoms with van der Waals surface area (Å²) in [5.41, 5.74) is 0.331. The van der Waals surface area contributed by atoms with Crippen LogP contribution in [0.3, 0.4) is 0 Å². The van der Waals surface area contributed by atoms with Crippen molar-refractivity contribution in [2.45, 2.75) is 39.7 Å². The molecular weight excluding hydrogens is 266 g/mol. The minimum atomic E-state index is -0.221. The van der Waals surface area contributed by atoms with E-state index in [0.717, 1.165) is 32.5 Å². The van der Waals surface area contributed by atoms with Gasteiger partial charge in [0, 0.05) is 13.1 Å². The van der Waals surface area contributed by atoms with Crippen molar-refractivity contribution in [3.63, 3.8) is 0 Å². The number of aromatic nitrogens is 2. The molecule has 6 heteroatoms. The Bertz CT molecular complexity index is 417. The molecule has 1 unspecified atom stereocenters. The van der Waals surface area contributed by atoms with Gasteiger partial charge in [-0.3, -0.25) is 4.79 Å². The van der Waals surface area contributed by atoms with Crippen LogP contribution < -0.4 is 10.6 Å². The average Bonchev–Trinajstić information content (AvgIpc) is 2.51. The fourth-order valence-corrected chi connectivity index (χ4v) is 2.14. The first-order chi connectivity index (χ1) is 10.1. The topological polar surface area (TPSA) is 70.2 Å². The zero-order chi connectivity index (χ0) is 15.7. The molecule has 21 heavy (non-hydrogen) atoms. The lowest BCUT2D eigenvalue weighted by Crippen LogP contribution is -2.26. The van der Waals surface area contributed by atoms with Crippen molar-refractivity contribution in [3.8, 4) is 0 Å². The van der Waals surface area contributed by atoms with Gasteiger partial charge in [0.2, 0.25) is 0 Å². The number of nitrogens with one attached hydrogen (secondary N) is 2. The molecule has 0 saturated heterocycles. The van der Waals surface area contributed by atoms with E-state index < -0.39 is 0 Å². The molecule has 0 bridgehead atoms. The van der Waals surface area contributed by atoms with E-state index in [1.807, 2.05) is 0 Å². The number of carbonyl (C=O) groups is 1. The van der Waals surface area contributed by atoms with Crippen LogP contribution in [0.15, 0.2) is 12.1 Å². The van der Waals surface area contributed by atoms with Crippen molar-refractivity contribution >= 4 is 11.7 Å². The molecule has 118 valence electrons. The van der Waals surface area contributed by atoms with E-state index in [4.69, 9.17) is 0 Å². The van der Waals surface area contributed by atoms with Crippen LogP contribution in [0.1, 0.15) is 44.1 Å². The Balaban J connectivity index is 2.37. The van der Waals surface area contributed by atoms with Crippen LogP contribution in [-0.2, 0) is 0 Å². The van der Waals surface area contributed by atoms with Crippen molar-refractivity contribution < 1.29 is 4.79 Å². The van der Waals surface area contributed by atoms with Gasteiger partial charge in [0.25, 0.3) is 5.91 Å². The summed E-state index contributed by atoms with van der Waals surface area (Å²) in [5, 5.41) is 13.8. The zero-order valence-corrected chi connectivity index (χ0v) is 13.5. The summed E-state index contributed by atoms with van der Waals surface area (Å²) >= 11 is 0. The van der Waals surface area contributed by atoms with Gasteiger partial charge >= 0.3 is 0 Å². The zero-order valence-electron chi connectivity index (χ0n) is 13.5. The molecule has 6 nitrogen and oxygen atoms in total. The van der Waals surface area contributed by atoms with E-state index in [-0.39, 0.29) is 5.91 Å². The van der Waals surface area contributed by atoms with E-state index in [0.29, 0.717) is 17.6 Å². The normalized spacial score (nSPS) is 12.2. The average molecular weight is 293 g/mol. The standard InChI is InChI=1S/C15H27N5O/c1-5-20(6-2)11-7-8-12(3)17-14-10-9-13(18-19-14)15(21)16-4/h9-10,12H,5-8,11H2,1-4H3,(H,16,21)(H,17,19). The predicted molar refractivity (Wildman–Crippen MR) is 85.5 cm³/mol. The molecule has 1 rings (SSSR count). The van der Waals surface area contributed by atoms with E-state index in [1.165, 1.54) is 0 Å². The molecule has 1 aromatic heterocycles. The maximum Gasteiger partial charge on any atom is 0.271 e. The van der Waals surface area contributed by atoms with Gasteiger partial charge < -0.3 is 15.5 Å². The molecule has 1 aromatic rings. The van der Waals surface area contributed by atoms with Gasteiger partial charge in [-0.25, -0.2) is 0 Å². The van der Waals surface area contributed by atoms with Crippen LogP contribution in [-0.4, -0.2) is 53.7 Å².